The van der Waals surface area contributed by atoms with Crippen molar-refractivity contribution in [1.29, 1.82) is 5.26 Å². The molecule has 6 nitrogen and oxygen atoms in total. The summed E-state index contributed by atoms with van der Waals surface area (Å²) < 4.78 is 1.73. The molecule has 21 heavy (non-hydrogen) atoms. The van der Waals surface area contributed by atoms with E-state index in [0.717, 1.165) is 30.0 Å². The predicted molar refractivity (Wildman–Crippen MR) is 81.5 cm³/mol. The van der Waals surface area contributed by atoms with Crippen LogP contribution in [-0.4, -0.2) is 28.8 Å². The maximum absolute atomic E-state index is 11.8. The average Bonchev–Trinajstić information content (AvgIpc) is 2.66. The van der Waals surface area contributed by atoms with Crippen molar-refractivity contribution < 1.29 is 4.79 Å². The molecule has 0 saturated carbocycles. The molecule has 6 heteroatoms. The van der Waals surface area contributed by atoms with Gasteiger partial charge < -0.3 is 10.6 Å². The largest absolute Gasteiger partial charge is 0.353 e. The lowest BCUT2D eigenvalue weighted by molar-refractivity contribution is -0.121. The Bertz CT molecular complexity index is 513. The fourth-order valence-electron chi connectivity index (χ4n) is 2.08. The van der Waals surface area contributed by atoms with E-state index in [1.165, 1.54) is 0 Å². The normalized spacial score (nSPS) is 10.7. The molecule has 0 bridgehead atoms. The molecule has 0 atom stereocenters. The number of nitriles is 1. The van der Waals surface area contributed by atoms with E-state index in [2.05, 4.69) is 29.6 Å². The van der Waals surface area contributed by atoms with Gasteiger partial charge in [-0.3, -0.25) is 9.48 Å². The summed E-state index contributed by atoms with van der Waals surface area (Å²) >= 11 is 0. The molecule has 0 fully saturated rings. The summed E-state index contributed by atoms with van der Waals surface area (Å²) in [7, 11) is 0. The Labute approximate surface area is 126 Å². The van der Waals surface area contributed by atoms with Crippen molar-refractivity contribution in [3.63, 3.8) is 0 Å². The van der Waals surface area contributed by atoms with E-state index in [9.17, 15) is 4.79 Å². The van der Waals surface area contributed by atoms with Crippen molar-refractivity contribution in [3.05, 3.63) is 17.0 Å². The van der Waals surface area contributed by atoms with E-state index in [0.29, 0.717) is 18.9 Å². The van der Waals surface area contributed by atoms with Crippen LogP contribution < -0.4 is 10.6 Å². The molecule has 0 unspecified atom stereocenters. The van der Waals surface area contributed by atoms with Crippen LogP contribution in [0.5, 0.6) is 0 Å². The Hall–Kier alpha value is -1.87. The maximum Gasteiger partial charge on any atom is 0.241 e. The Morgan fingerprint density at radius 1 is 1.43 bits per heavy atom. The first kappa shape index (κ1) is 17.2. The number of rotatable bonds is 8. The Kier molecular flexibility index (Phi) is 6.89. The zero-order valence-electron chi connectivity index (χ0n) is 13.4. The first-order chi connectivity index (χ1) is 9.95. The molecule has 0 aliphatic carbocycles. The second-order valence-corrected chi connectivity index (χ2v) is 5.59. The zero-order valence-corrected chi connectivity index (χ0v) is 13.4. The number of carbonyl (C=O) groups is 1. The number of nitrogens with zero attached hydrogens (tertiary/aromatic N) is 3. The average molecular weight is 291 g/mol. The van der Waals surface area contributed by atoms with Crippen LogP contribution >= 0.6 is 0 Å². The van der Waals surface area contributed by atoms with Gasteiger partial charge in [0.2, 0.25) is 5.91 Å². The molecular formula is C15H25N5O. The van der Waals surface area contributed by atoms with Gasteiger partial charge in [-0.1, -0.05) is 13.8 Å². The van der Waals surface area contributed by atoms with Gasteiger partial charge >= 0.3 is 0 Å². The molecule has 1 aromatic heterocycles. The Morgan fingerprint density at radius 3 is 2.76 bits per heavy atom. The van der Waals surface area contributed by atoms with E-state index >= 15 is 0 Å². The van der Waals surface area contributed by atoms with Crippen molar-refractivity contribution in [2.45, 2.75) is 47.2 Å². The van der Waals surface area contributed by atoms with Crippen LogP contribution in [0.3, 0.4) is 0 Å². The number of carbonyl (C=O) groups excluding carboxylic acids is 1. The quantitative estimate of drug-likeness (QED) is 0.707. The molecule has 0 spiro atoms. The third-order valence-electron chi connectivity index (χ3n) is 3.24. The van der Waals surface area contributed by atoms with E-state index in [1.54, 1.807) is 4.68 Å². The van der Waals surface area contributed by atoms with E-state index in [1.807, 2.05) is 19.9 Å². The summed E-state index contributed by atoms with van der Waals surface area (Å²) in [5.74, 6) is 0.490. The molecular weight excluding hydrogens is 266 g/mol. The van der Waals surface area contributed by atoms with Crippen LogP contribution in [0.1, 0.15) is 37.2 Å². The van der Waals surface area contributed by atoms with Crippen LogP contribution in [-0.2, 0) is 17.9 Å². The lowest BCUT2D eigenvalue weighted by Crippen LogP contribution is -2.29. The topological polar surface area (TPSA) is 82.7 Å². The first-order valence-corrected chi connectivity index (χ1v) is 7.33. The van der Waals surface area contributed by atoms with Crippen LogP contribution in [0.25, 0.3) is 0 Å². The van der Waals surface area contributed by atoms with Gasteiger partial charge in [0, 0.05) is 24.3 Å². The van der Waals surface area contributed by atoms with Gasteiger partial charge in [0.25, 0.3) is 0 Å². The molecule has 116 valence electrons. The lowest BCUT2D eigenvalue weighted by atomic mass is 10.2. The molecule has 0 aromatic carbocycles. The molecule has 1 amide bonds. The number of hydrogen-bond acceptors (Lipinski definition) is 4. The van der Waals surface area contributed by atoms with Gasteiger partial charge in [0.05, 0.1) is 18.2 Å². The number of aromatic nitrogens is 2. The maximum atomic E-state index is 11.8. The number of nitrogens with one attached hydrogen (secondary N) is 2. The molecule has 1 heterocycles. The smallest absolute Gasteiger partial charge is 0.241 e. The van der Waals surface area contributed by atoms with Gasteiger partial charge in [0.1, 0.15) is 6.54 Å². The molecule has 0 aliphatic heterocycles. The van der Waals surface area contributed by atoms with Gasteiger partial charge in [-0.2, -0.15) is 10.4 Å². The van der Waals surface area contributed by atoms with Crippen LogP contribution in [0.15, 0.2) is 0 Å². The minimum atomic E-state index is -0.113. The minimum Gasteiger partial charge on any atom is -0.353 e. The molecule has 0 saturated heterocycles. The second kappa shape index (κ2) is 8.42. The third kappa shape index (κ3) is 5.56. The third-order valence-corrected chi connectivity index (χ3v) is 3.24. The summed E-state index contributed by atoms with van der Waals surface area (Å²) in [4.78, 5) is 11.8. The number of aryl methyl sites for hydroxylation is 1. The van der Waals surface area contributed by atoms with E-state index in [-0.39, 0.29) is 12.5 Å². The number of amides is 1. The molecule has 0 radical (unpaired) electrons. The predicted octanol–water partition coefficient (Wildman–Crippen LogP) is 1.28. The summed E-state index contributed by atoms with van der Waals surface area (Å²) in [6.07, 6.45) is 0.327. The van der Waals surface area contributed by atoms with E-state index in [4.69, 9.17) is 5.26 Å². The molecule has 0 aliphatic rings. The summed E-state index contributed by atoms with van der Waals surface area (Å²) in [6.45, 7) is 10.6. The minimum absolute atomic E-state index is 0.113. The van der Waals surface area contributed by atoms with Crippen molar-refractivity contribution in [2.24, 2.45) is 5.92 Å². The monoisotopic (exact) mass is 291 g/mol. The SMILES string of the molecule is Cc1nn(CC(=O)NCCC#N)c(C)c1CNCC(C)C. The molecule has 1 aromatic rings. The highest BCUT2D eigenvalue weighted by Crippen LogP contribution is 2.12. The van der Waals surface area contributed by atoms with Gasteiger partial charge in [0.15, 0.2) is 0 Å². The lowest BCUT2D eigenvalue weighted by Gasteiger charge is -2.08. The van der Waals surface area contributed by atoms with Crippen molar-refractivity contribution in [2.75, 3.05) is 13.1 Å². The van der Waals surface area contributed by atoms with E-state index < -0.39 is 0 Å². The van der Waals surface area contributed by atoms with Gasteiger partial charge in [-0.05, 0) is 26.3 Å². The van der Waals surface area contributed by atoms with Crippen molar-refractivity contribution in [3.8, 4) is 6.07 Å². The summed E-state index contributed by atoms with van der Waals surface area (Å²) in [5, 5.41) is 19.0. The Morgan fingerprint density at radius 2 is 2.14 bits per heavy atom. The van der Waals surface area contributed by atoms with Crippen molar-refractivity contribution >= 4 is 5.91 Å². The fourth-order valence-corrected chi connectivity index (χ4v) is 2.08. The number of hydrogen-bond donors (Lipinski definition) is 2. The van der Waals surface area contributed by atoms with Gasteiger partial charge in [-0.15, -0.1) is 0 Å². The van der Waals surface area contributed by atoms with Crippen molar-refractivity contribution in [1.82, 2.24) is 20.4 Å². The second-order valence-electron chi connectivity index (χ2n) is 5.59. The summed E-state index contributed by atoms with van der Waals surface area (Å²) in [6, 6.07) is 2.00. The highest BCUT2D eigenvalue weighted by molar-refractivity contribution is 5.75. The molecule has 2 N–H and O–H groups in total. The van der Waals surface area contributed by atoms with Crippen LogP contribution in [0.4, 0.5) is 0 Å². The first-order valence-electron chi connectivity index (χ1n) is 7.33. The van der Waals surface area contributed by atoms with Crippen LogP contribution in [0.2, 0.25) is 0 Å². The zero-order chi connectivity index (χ0) is 15.8. The van der Waals surface area contributed by atoms with Gasteiger partial charge in [-0.25, -0.2) is 0 Å². The van der Waals surface area contributed by atoms with Crippen LogP contribution in [0, 0.1) is 31.1 Å². The highest BCUT2D eigenvalue weighted by atomic mass is 16.2. The Balaban J connectivity index is 2.60. The fraction of sp³-hybridized carbons (Fsp3) is 0.667. The molecule has 1 rings (SSSR count). The standard InChI is InChI=1S/C15H25N5O/c1-11(2)8-17-9-14-12(3)19-20(13(14)4)10-15(21)18-7-5-6-16/h11,17H,5,7-10H2,1-4H3,(H,18,21). The highest BCUT2D eigenvalue weighted by Gasteiger charge is 2.13. The summed E-state index contributed by atoms with van der Waals surface area (Å²) in [5.41, 5.74) is 3.12.